The van der Waals surface area contributed by atoms with Crippen LogP contribution in [-0.2, 0) is 13.3 Å². The minimum absolute atomic E-state index is 0.121. The molecule has 0 aromatic rings. The smallest absolute Gasteiger partial charge is 0.374 e. The lowest BCUT2D eigenvalue weighted by Gasteiger charge is -2.37. The van der Waals surface area contributed by atoms with Crippen LogP contribution in [0.1, 0.15) is 52.9 Å². The number of hydrogen-bond acceptors (Lipinski definition) is 3. The summed E-state index contributed by atoms with van der Waals surface area (Å²) in [6.07, 6.45) is 10.1. The van der Waals surface area contributed by atoms with Gasteiger partial charge in [0.1, 0.15) is 0 Å². The Morgan fingerprint density at radius 2 is 1.59 bits per heavy atom. The Labute approximate surface area is 138 Å². The van der Waals surface area contributed by atoms with Crippen molar-refractivity contribution < 1.29 is 13.3 Å². The molecule has 0 aromatic heterocycles. The molecule has 128 valence electrons. The molecule has 1 aliphatic carbocycles. The summed E-state index contributed by atoms with van der Waals surface area (Å²) in [5.74, 6) is 0.679. The predicted octanol–water partition coefficient (Wildman–Crippen LogP) is 4.97. The topological polar surface area (TPSA) is 27.7 Å². The van der Waals surface area contributed by atoms with Crippen LogP contribution in [0.5, 0.6) is 0 Å². The van der Waals surface area contributed by atoms with Crippen LogP contribution in [0.4, 0.5) is 0 Å². The van der Waals surface area contributed by atoms with Gasteiger partial charge >= 0.3 is 8.80 Å². The fraction of sp³-hybridized carbons (Fsp3) is 0.778. The van der Waals surface area contributed by atoms with Crippen molar-refractivity contribution >= 4 is 8.80 Å². The molecule has 1 saturated carbocycles. The first-order valence-electron chi connectivity index (χ1n) is 8.78. The maximum Gasteiger partial charge on any atom is 0.500 e. The summed E-state index contributed by atoms with van der Waals surface area (Å²) in [4.78, 5) is 0. The summed E-state index contributed by atoms with van der Waals surface area (Å²) < 4.78 is 17.9. The lowest BCUT2D eigenvalue weighted by molar-refractivity contribution is 0.0681. The van der Waals surface area contributed by atoms with Gasteiger partial charge in [-0.1, -0.05) is 25.0 Å². The van der Waals surface area contributed by atoms with Crippen molar-refractivity contribution in [1.29, 1.82) is 0 Å². The van der Waals surface area contributed by atoms with E-state index in [0.29, 0.717) is 25.7 Å². The molecule has 0 aliphatic heterocycles. The average Bonchev–Trinajstić information content (AvgIpc) is 2.54. The highest BCUT2D eigenvalue weighted by molar-refractivity contribution is 6.60. The van der Waals surface area contributed by atoms with Crippen molar-refractivity contribution in [2.75, 3.05) is 19.8 Å². The van der Waals surface area contributed by atoms with Gasteiger partial charge in [0.15, 0.2) is 0 Å². The standard InChI is InChI=1S/C18H34O3Si/c1-6-18(7-2)14-11-12-17(16-18)13-15-22(19-8-3,20-9-4)21-10-5/h6-7,17H,1-2,8-16H2,3-5H3. The Bertz CT molecular complexity index is 318. The Morgan fingerprint density at radius 3 is 2.05 bits per heavy atom. The third-order valence-corrected chi connectivity index (χ3v) is 7.77. The van der Waals surface area contributed by atoms with Crippen LogP contribution in [0.3, 0.4) is 0 Å². The first kappa shape index (κ1) is 19.6. The lowest BCUT2D eigenvalue weighted by Crippen LogP contribution is -2.46. The van der Waals surface area contributed by atoms with Crippen LogP contribution < -0.4 is 0 Å². The Morgan fingerprint density at radius 1 is 1.05 bits per heavy atom. The molecule has 1 aliphatic rings. The van der Waals surface area contributed by atoms with E-state index >= 15 is 0 Å². The average molecular weight is 327 g/mol. The fourth-order valence-electron chi connectivity index (χ4n) is 3.54. The van der Waals surface area contributed by atoms with Crippen molar-refractivity contribution in [2.45, 2.75) is 58.9 Å². The zero-order chi connectivity index (χ0) is 16.5. The van der Waals surface area contributed by atoms with E-state index in [2.05, 4.69) is 25.3 Å². The van der Waals surface area contributed by atoms with Crippen molar-refractivity contribution in [3.63, 3.8) is 0 Å². The highest BCUT2D eigenvalue weighted by atomic mass is 28.4. The molecule has 1 unspecified atom stereocenters. The van der Waals surface area contributed by atoms with Gasteiger partial charge in [0.05, 0.1) is 0 Å². The summed E-state index contributed by atoms with van der Waals surface area (Å²) in [7, 11) is -2.50. The minimum atomic E-state index is -2.50. The van der Waals surface area contributed by atoms with Crippen LogP contribution in [-0.4, -0.2) is 28.6 Å². The third-order valence-electron chi connectivity index (χ3n) is 4.69. The normalized spacial score (nSPS) is 21.5. The Kier molecular flexibility index (Phi) is 8.61. The van der Waals surface area contributed by atoms with Crippen LogP contribution in [0.15, 0.2) is 25.3 Å². The van der Waals surface area contributed by atoms with E-state index in [4.69, 9.17) is 13.3 Å². The van der Waals surface area contributed by atoms with E-state index in [1.54, 1.807) is 0 Å². The quantitative estimate of drug-likeness (QED) is 0.396. The van der Waals surface area contributed by atoms with Crippen molar-refractivity contribution in [2.24, 2.45) is 11.3 Å². The van der Waals surface area contributed by atoms with Crippen molar-refractivity contribution in [3.05, 3.63) is 25.3 Å². The molecule has 0 spiro atoms. The molecule has 1 rings (SSSR count). The van der Waals surface area contributed by atoms with Gasteiger partial charge in [-0.3, -0.25) is 0 Å². The first-order chi connectivity index (χ1) is 10.6. The van der Waals surface area contributed by atoms with Gasteiger partial charge in [-0.25, -0.2) is 0 Å². The molecule has 3 nitrogen and oxygen atoms in total. The molecule has 1 atom stereocenters. The summed E-state index contributed by atoms with van der Waals surface area (Å²) in [5, 5.41) is 0. The largest absolute Gasteiger partial charge is 0.500 e. The van der Waals surface area contributed by atoms with Gasteiger partial charge in [-0.05, 0) is 46.0 Å². The van der Waals surface area contributed by atoms with E-state index in [9.17, 15) is 0 Å². The van der Waals surface area contributed by atoms with E-state index < -0.39 is 8.80 Å². The molecule has 0 bridgehead atoms. The molecule has 4 heteroatoms. The van der Waals surface area contributed by atoms with Crippen LogP contribution in [0.25, 0.3) is 0 Å². The van der Waals surface area contributed by atoms with E-state index in [1.807, 2.05) is 20.8 Å². The highest BCUT2D eigenvalue weighted by Gasteiger charge is 2.41. The summed E-state index contributed by atoms with van der Waals surface area (Å²) >= 11 is 0. The number of allylic oxidation sites excluding steroid dienone is 2. The fourth-order valence-corrected chi connectivity index (χ4v) is 6.31. The number of hydrogen-bond donors (Lipinski definition) is 0. The predicted molar refractivity (Wildman–Crippen MR) is 94.8 cm³/mol. The Balaban J connectivity index is 2.66. The molecule has 22 heavy (non-hydrogen) atoms. The van der Waals surface area contributed by atoms with E-state index in [-0.39, 0.29) is 5.41 Å². The summed E-state index contributed by atoms with van der Waals surface area (Å²) in [6.45, 7) is 16.0. The molecule has 0 saturated heterocycles. The van der Waals surface area contributed by atoms with Crippen LogP contribution in [0.2, 0.25) is 6.04 Å². The minimum Gasteiger partial charge on any atom is -0.374 e. The van der Waals surface area contributed by atoms with Gasteiger partial charge < -0.3 is 13.3 Å². The van der Waals surface area contributed by atoms with E-state index in [1.165, 1.54) is 19.3 Å². The molecule has 0 aromatic carbocycles. The SMILES string of the molecule is C=CC1(C=C)CCCC(CC[Si](OCC)(OCC)OCC)C1. The molecule has 1 fully saturated rings. The second kappa shape index (κ2) is 9.66. The van der Waals surface area contributed by atoms with Crippen LogP contribution in [0, 0.1) is 11.3 Å². The highest BCUT2D eigenvalue weighted by Crippen LogP contribution is 2.43. The lowest BCUT2D eigenvalue weighted by atomic mass is 9.69. The maximum atomic E-state index is 5.96. The second-order valence-electron chi connectivity index (χ2n) is 6.12. The molecule has 0 N–H and O–H groups in total. The van der Waals surface area contributed by atoms with Gasteiger partial charge in [0, 0.05) is 31.3 Å². The summed E-state index contributed by atoms with van der Waals surface area (Å²) in [6, 6.07) is 0.914. The first-order valence-corrected chi connectivity index (χ1v) is 10.7. The van der Waals surface area contributed by atoms with Gasteiger partial charge in [-0.2, -0.15) is 0 Å². The second-order valence-corrected chi connectivity index (χ2v) is 8.86. The molecule has 0 radical (unpaired) electrons. The van der Waals surface area contributed by atoms with E-state index in [0.717, 1.165) is 18.9 Å². The van der Waals surface area contributed by atoms with Crippen molar-refractivity contribution in [1.82, 2.24) is 0 Å². The molecule has 0 amide bonds. The third kappa shape index (κ3) is 5.34. The molecule has 0 heterocycles. The summed E-state index contributed by atoms with van der Waals surface area (Å²) in [5.41, 5.74) is 0.121. The maximum absolute atomic E-state index is 5.96. The van der Waals surface area contributed by atoms with Gasteiger partial charge in [-0.15, -0.1) is 13.2 Å². The van der Waals surface area contributed by atoms with Crippen molar-refractivity contribution in [3.8, 4) is 0 Å². The zero-order valence-electron chi connectivity index (χ0n) is 14.7. The number of rotatable bonds is 11. The van der Waals surface area contributed by atoms with Gasteiger partial charge in [0.25, 0.3) is 0 Å². The molecular formula is C18H34O3Si. The van der Waals surface area contributed by atoms with Gasteiger partial charge in [0.2, 0.25) is 0 Å². The monoisotopic (exact) mass is 326 g/mol. The zero-order valence-corrected chi connectivity index (χ0v) is 15.7. The molecular weight excluding hydrogens is 292 g/mol. The van der Waals surface area contributed by atoms with Crippen LogP contribution >= 0.6 is 0 Å². The Hall–Kier alpha value is -0.423.